The molecule has 0 unspecified atom stereocenters. The van der Waals surface area contributed by atoms with E-state index < -0.39 is 0 Å². The second-order valence-corrected chi connectivity index (χ2v) is 3.09. The number of halogens is 1. The van der Waals surface area contributed by atoms with E-state index in [4.69, 9.17) is 16.3 Å². The molecule has 0 saturated carbocycles. The Morgan fingerprint density at radius 1 is 1.38 bits per heavy atom. The number of pyridine rings is 1. The number of nitrogens with zero attached hydrogens (tertiary/aromatic N) is 1. The average Bonchev–Trinajstić information content (AvgIpc) is 2.17. The molecule has 0 atom stereocenters. The summed E-state index contributed by atoms with van der Waals surface area (Å²) in [5.41, 5.74) is 0.883. The molecular weight excluding hydrogens is 186 g/mol. The predicted molar refractivity (Wildman–Crippen MR) is 53.3 cm³/mol. The highest BCUT2D eigenvalue weighted by molar-refractivity contribution is 6.32. The second kappa shape index (κ2) is 3.23. The van der Waals surface area contributed by atoms with Crippen LogP contribution in [0, 0.1) is 0 Å². The molecule has 13 heavy (non-hydrogen) atoms. The van der Waals surface area contributed by atoms with Crippen molar-refractivity contribution < 1.29 is 4.74 Å². The van der Waals surface area contributed by atoms with E-state index in [1.165, 1.54) is 0 Å². The Hall–Kier alpha value is -1.28. The fourth-order valence-electron chi connectivity index (χ4n) is 1.23. The van der Waals surface area contributed by atoms with Crippen molar-refractivity contribution >= 4 is 22.5 Å². The van der Waals surface area contributed by atoms with Gasteiger partial charge >= 0.3 is 0 Å². The van der Waals surface area contributed by atoms with Crippen LogP contribution in [0.2, 0.25) is 5.02 Å². The van der Waals surface area contributed by atoms with E-state index in [1.54, 1.807) is 19.4 Å². The summed E-state index contributed by atoms with van der Waals surface area (Å²) in [5.74, 6) is 0.683. The largest absolute Gasteiger partial charge is 0.495 e. The van der Waals surface area contributed by atoms with Crippen LogP contribution >= 0.6 is 11.6 Å². The highest BCUT2D eigenvalue weighted by atomic mass is 35.5. The van der Waals surface area contributed by atoms with E-state index >= 15 is 0 Å². The third-order valence-electron chi connectivity index (χ3n) is 1.88. The molecule has 1 heterocycles. The van der Waals surface area contributed by atoms with Crippen LogP contribution in [0.3, 0.4) is 0 Å². The third-order valence-corrected chi connectivity index (χ3v) is 2.17. The van der Waals surface area contributed by atoms with Gasteiger partial charge in [-0.1, -0.05) is 17.7 Å². The van der Waals surface area contributed by atoms with Crippen LogP contribution in [-0.4, -0.2) is 12.1 Å². The van der Waals surface area contributed by atoms with Gasteiger partial charge in [0.2, 0.25) is 0 Å². The van der Waals surface area contributed by atoms with Gasteiger partial charge in [-0.25, -0.2) is 0 Å². The monoisotopic (exact) mass is 193 g/mol. The first-order valence-corrected chi connectivity index (χ1v) is 4.27. The molecule has 0 radical (unpaired) electrons. The average molecular weight is 194 g/mol. The molecule has 2 nitrogen and oxygen atoms in total. The third kappa shape index (κ3) is 1.45. The van der Waals surface area contributed by atoms with Crippen molar-refractivity contribution in [1.82, 2.24) is 4.98 Å². The topological polar surface area (TPSA) is 22.1 Å². The lowest BCUT2D eigenvalue weighted by atomic mass is 10.2. The van der Waals surface area contributed by atoms with Gasteiger partial charge in [0.1, 0.15) is 5.75 Å². The van der Waals surface area contributed by atoms with Gasteiger partial charge in [0.25, 0.3) is 0 Å². The standard InChI is InChI=1S/C10H8ClNO/c1-13-10-5-7-3-2-4-12-9(7)6-8(10)11/h2-6H,1H3. The molecule has 2 aromatic rings. The van der Waals surface area contributed by atoms with E-state index in [-0.39, 0.29) is 0 Å². The quantitative estimate of drug-likeness (QED) is 0.695. The minimum Gasteiger partial charge on any atom is -0.495 e. The maximum atomic E-state index is 5.94. The summed E-state index contributed by atoms with van der Waals surface area (Å²) in [4.78, 5) is 4.18. The first-order chi connectivity index (χ1) is 6.31. The van der Waals surface area contributed by atoms with Crippen molar-refractivity contribution in [3.05, 3.63) is 35.5 Å². The van der Waals surface area contributed by atoms with Crippen molar-refractivity contribution in [3.63, 3.8) is 0 Å². The Balaban J connectivity index is 2.74. The van der Waals surface area contributed by atoms with Crippen molar-refractivity contribution in [1.29, 1.82) is 0 Å². The SMILES string of the molecule is COc1cc2cccnc2cc1Cl. The minimum absolute atomic E-state index is 0.591. The van der Waals surface area contributed by atoms with Crippen LogP contribution in [0.5, 0.6) is 5.75 Å². The van der Waals surface area contributed by atoms with E-state index in [9.17, 15) is 0 Å². The van der Waals surface area contributed by atoms with E-state index in [0.717, 1.165) is 10.9 Å². The van der Waals surface area contributed by atoms with E-state index in [2.05, 4.69) is 4.98 Å². The Kier molecular flexibility index (Phi) is 2.07. The molecule has 66 valence electrons. The predicted octanol–water partition coefficient (Wildman–Crippen LogP) is 2.90. The number of benzene rings is 1. The number of ether oxygens (including phenoxy) is 1. The van der Waals surface area contributed by atoms with Gasteiger partial charge in [0.15, 0.2) is 0 Å². The molecule has 0 amide bonds. The van der Waals surface area contributed by atoms with Crippen LogP contribution < -0.4 is 4.74 Å². The van der Waals surface area contributed by atoms with Crippen LogP contribution in [0.15, 0.2) is 30.5 Å². The van der Waals surface area contributed by atoms with E-state index in [0.29, 0.717) is 10.8 Å². The highest BCUT2D eigenvalue weighted by Crippen LogP contribution is 2.28. The summed E-state index contributed by atoms with van der Waals surface area (Å²) in [6, 6.07) is 7.54. The normalized spacial score (nSPS) is 10.3. The molecule has 0 aliphatic carbocycles. The van der Waals surface area contributed by atoms with Gasteiger partial charge in [-0.2, -0.15) is 0 Å². The maximum absolute atomic E-state index is 5.94. The molecule has 0 N–H and O–H groups in total. The Bertz CT molecular complexity index is 442. The molecule has 0 aliphatic rings. The summed E-state index contributed by atoms with van der Waals surface area (Å²) in [5, 5.41) is 1.62. The van der Waals surface area contributed by atoms with Gasteiger partial charge in [0, 0.05) is 11.6 Å². The molecule has 2 rings (SSSR count). The molecule has 0 spiro atoms. The zero-order valence-corrected chi connectivity index (χ0v) is 7.88. The lowest BCUT2D eigenvalue weighted by Gasteiger charge is -2.03. The van der Waals surface area contributed by atoms with Crippen molar-refractivity contribution in [2.24, 2.45) is 0 Å². The summed E-state index contributed by atoms with van der Waals surface area (Å²) in [6.07, 6.45) is 1.74. The smallest absolute Gasteiger partial charge is 0.138 e. The first-order valence-electron chi connectivity index (χ1n) is 3.89. The Morgan fingerprint density at radius 3 is 3.00 bits per heavy atom. The molecule has 1 aromatic heterocycles. The molecule has 0 bridgehead atoms. The van der Waals surface area contributed by atoms with Gasteiger partial charge < -0.3 is 4.74 Å². The summed E-state index contributed by atoms with van der Waals surface area (Å²) in [6.45, 7) is 0. The van der Waals surface area contributed by atoms with Crippen molar-refractivity contribution in [3.8, 4) is 5.75 Å². The Labute approximate surface area is 81.1 Å². The lowest BCUT2D eigenvalue weighted by Crippen LogP contribution is -1.85. The zero-order valence-electron chi connectivity index (χ0n) is 7.12. The summed E-state index contributed by atoms with van der Waals surface area (Å²) in [7, 11) is 1.60. The van der Waals surface area contributed by atoms with Crippen LogP contribution in [-0.2, 0) is 0 Å². The summed E-state index contributed by atoms with van der Waals surface area (Å²) >= 11 is 5.94. The number of hydrogen-bond donors (Lipinski definition) is 0. The Morgan fingerprint density at radius 2 is 2.23 bits per heavy atom. The zero-order chi connectivity index (χ0) is 9.26. The van der Waals surface area contributed by atoms with Crippen molar-refractivity contribution in [2.45, 2.75) is 0 Å². The molecule has 0 saturated heterocycles. The number of aromatic nitrogens is 1. The second-order valence-electron chi connectivity index (χ2n) is 2.68. The molecular formula is C10H8ClNO. The number of hydrogen-bond acceptors (Lipinski definition) is 2. The molecule has 0 fully saturated rings. The van der Waals surface area contributed by atoms with Gasteiger partial charge in [-0.05, 0) is 18.2 Å². The van der Waals surface area contributed by atoms with Gasteiger partial charge in [-0.3, -0.25) is 4.98 Å². The summed E-state index contributed by atoms with van der Waals surface area (Å²) < 4.78 is 5.09. The fourth-order valence-corrected chi connectivity index (χ4v) is 1.47. The van der Waals surface area contributed by atoms with Crippen LogP contribution in [0.1, 0.15) is 0 Å². The van der Waals surface area contributed by atoms with Gasteiger partial charge in [0.05, 0.1) is 17.6 Å². The van der Waals surface area contributed by atoms with Crippen LogP contribution in [0.4, 0.5) is 0 Å². The van der Waals surface area contributed by atoms with Crippen LogP contribution in [0.25, 0.3) is 10.9 Å². The molecule has 1 aromatic carbocycles. The number of rotatable bonds is 1. The number of fused-ring (bicyclic) bond motifs is 1. The lowest BCUT2D eigenvalue weighted by molar-refractivity contribution is 0.415. The molecule has 3 heteroatoms. The van der Waals surface area contributed by atoms with Crippen molar-refractivity contribution in [2.75, 3.05) is 7.11 Å². The van der Waals surface area contributed by atoms with Gasteiger partial charge in [-0.15, -0.1) is 0 Å². The highest BCUT2D eigenvalue weighted by Gasteiger charge is 2.02. The fraction of sp³-hybridized carbons (Fsp3) is 0.100. The molecule has 0 aliphatic heterocycles. The van der Waals surface area contributed by atoms with E-state index in [1.807, 2.05) is 18.2 Å². The first kappa shape index (κ1) is 8.32. The minimum atomic E-state index is 0.591. The maximum Gasteiger partial charge on any atom is 0.138 e. The number of methoxy groups -OCH3 is 1.